The Morgan fingerprint density at radius 1 is 1.26 bits per heavy atom. The van der Waals surface area contributed by atoms with Crippen molar-refractivity contribution in [3.8, 4) is 6.01 Å². The minimum absolute atomic E-state index is 0.0347. The van der Waals surface area contributed by atoms with Gasteiger partial charge in [-0.3, -0.25) is 10.1 Å². The fourth-order valence-electron chi connectivity index (χ4n) is 2.24. The van der Waals surface area contributed by atoms with Crippen molar-refractivity contribution in [3.05, 3.63) is 57.6 Å². The molecule has 3 N–H and O–H groups in total. The van der Waals surface area contributed by atoms with E-state index < -0.39 is 28.9 Å². The van der Waals surface area contributed by atoms with Gasteiger partial charge in [-0.15, -0.1) is 5.10 Å². The fourth-order valence-corrected chi connectivity index (χ4v) is 2.24. The first-order valence-electron chi connectivity index (χ1n) is 8.56. The smallest absolute Gasteiger partial charge is 0.446 e. The number of nitro groups is 1. The Morgan fingerprint density at radius 2 is 2.00 bits per heavy atom. The molecule has 0 radical (unpaired) electrons. The number of hydrogen-bond donors (Lipinski definition) is 3. The molecule has 164 valence electrons. The third kappa shape index (κ3) is 5.99. The Kier molecular flexibility index (Phi) is 6.44. The largest absolute Gasteiger partial charge is 0.470 e. The number of imidazole rings is 1. The van der Waals surface area contributed by atoms with Crippen LogP contribution in [0.2, 0.25) is 0 Å². The molecule has 0 bridgehead atoms. The topological polar surface area (TPSA) is 161 Å². The number of aromatic nitrogens is 4. The zero-order valence-corrected chi connectivity index (χ0v) is 15.5. The lowest BCUT2D eigenvalue weighted by molar-refractivity contribution is -0.389. The van der Waals surface area contributed by atoms with E-state index in [9.17, 15) is 28.1 Å². The van der Waals surface area contributed by atoms with E-state index in [0.29, 0.717) is 13.1 Å². The molecule has 0 unspecified atom stereocenters. The lowest BCUT2D eigenvalue weighted by atomic mass is 10.1. The molecule has 0 aliphatic carbocycles. The van der Waals surface area contributed by atoms with Crippen molar-refractivity contribution >= 4 is 17.7 Å². The molecule has 0 aliphatic rings. The highest BCUT2D eigenvalue weighted by atomic mass is 19.4. The van der Waals surface area contributed by atoms with E-state index in [4.69, 9.17) is 4.74 Å². The van der Waals surface area contributed by atoms with Gasteiger partial charge in [-0.2, -0.15) is 23.1 Å². The van der Waals surface area contributed by atoms with Crippen LogP contribution in [0.3, 0.4) is 0 Å². The van der Waals surface area contributed by atoms with Gasteiger partial charge < -0.3 is 24.6 Å². The van der Waals surface area contributed by atoms with E-state index in [2.05, 4.69) is 35.2 Å². The maximum Gasteiger partial charge on any atom is 0.470 e. The summed E-state index contributed by atoms with van der Waals surface area (Å²) >= 11 is 0. The minimum atomic E-state index is -4.80. The van der Waals surface area contributed by atoms with E-state index in [1.807, 2.05) is 0 Å². The van der Waals surface area contributed by atoms with Crippen molar-refractivity contribution in [1.82, 2.24) is 25.5 Å². The highest BCUT2D eigenvalue weighted by molar-refractivity contribution is 6.03. The third-order valence-corrected chi connectivity index (χ3v) is 3.69. The SMILES string of the molecule is O=C(Nc1nnc(C(F)(F)F)o1)c1ccc(CNCCOc2ncc([N+](=O)[O-])[nH]2)cc1. The van der Waals surface area contributed by atoms with Crippen molar-refractivity contribution in [2.45, 2.75) is 12.7 Å². The summed E-state index contributed by atoms with van der Waals surface area (Å²) < 4.78 is 46.8. The molecule has 0 atom stereocenters. The van der Waals surface area contributed by atoms with Gasteiger partial charge in [-0.1, -0.05) is 17.2 Å². The molecular formula is C16H14F3N7O5. The van der Waals surface area contributed by atoms with Crippen LogP contribution in [-0.2, 0) is 12.7 Å². The molecule has 1 aromatic carbocycles. The number of hydrogen-bond acceptors (Lipinski definition) is 9. The average molecular weight is 441 g/mol. The van der Waals surface area contributed by atoms with Crippen molar-refractivity contribution in [3.63, 3.8) is 0 Å². The van der Waals surface area contributed by atoms with E-state index >= 15 is 0 Å². The molecule has 1 amide bonds. The molecule has 3 rings (SSSR count). The Bertz CT molecular complexity index is 1050. The van der Waals surface area contributed by atoms with Gasteiger partial charge in [-0.25, -0.2) is 0 Å². The van der Waals surface area contributed by atoms with Crippen LogP contribution in [-0.4, -0.2) is 44.1 Å². The fraction of sp³-hybridized carbons (Fsp3) is 0.250. The Balaban J connectivity index is 1.41. The van der Waals surface area contributed by atoms with Crippen molar-refractivity contribution in [2.75, 3.05) is 18.5 Å². The van der Waals surface area contributed by atoms with E-state index in [-0.39, 0.29) is 24.0 Å². The number of amides is 1. The van der Waals surface area contributed by atoms with Gasteiger partial charge >= 0.3 is 29.9 Å². The molecule has 2 heterocycles. The monoisotopic (exact) mass is 441 g/mol. The number of carbonyl (C=O) groups is 1. The summed E-state index contributed by atoms with van der Waals surface area (Å²) in [4.78, 5) is 28.1. The number of benzene rings is 1. The molecule has 31 heavy (non-hydrogen) atoms. The van der Waals surface area contributed by atoms with Crippen LogP contribution >= 0.6 is 0 Å². The number of aromatic amines is 1. The number of nitrogens with one attached hydrogen (secondary N) is 3. The molecule has 0 saturated carbocycles. The van der Waals surface area contributed by atoms with Crippen LogP contribution < -0.4 is 15.4 Å². The number of anilines is 1. The number of rotatable bonds is 9. The standard InChI is InChI=1S/C16H14F3N7O5/c17-16(18,19)13-24-25-15(31-13)23-12(27)10-3-1-9(2-4-10)7-20-5-6-30-14-21-8-11(22-14)26(28)29/h1-4,8,20H,5-7H2,(H,21,22)(H,23,25,27). The van der Waals surface area contributed by atoms with Gasteiger partial charge in [0, 0.05) is 18.7 Å². The summed E-state index contributed by atoms with van der Waals surface area (Å²) in [5.41, 5.74) is 1.00. The Hall–Kier alpha value is -4.01. The van der Waals surface area contributed by atoms with Crippen LogP contribution in [0, 0.1) is 10.1 Å². The van der Waals surface area contributed by atoms with Crippen molar-refractivity contribution in [2.24, 2.45) is 0 Å². The van der Waals surface area contributed by atoms with Crippen molar-refractivity contribution < 1.29 is 32.0 Å². The minimum Gasteiger partial charge on any atom is -0.446 e. The van der Waals surface area contributed by atoms with E-state index in [1.54, 1.807) is 12.1 Å². The molecule has 0 fully saturated rings. The lowest BCUT2D eigenvalue weighted by Gasteiger charge is -2.06. The normalized spacial score (nSPS) is 11.3. The van der Waals surface area contributed by atoms with Crippen LogP contribution in [0.25, 0.3) is 0 Å². The highest BCUT2D eigenvalue weighted by Crippen LogP contribution is 2.28. The number of halogens is 3. The second kappa shape index (κ2) is 9.21. The number of nitrogens with zero attached hydrogens (tertiary/aromatic N) is 4. The molecule has 12 nitrogen and oxygen atoms in total. The first-order valence-corrected chi connectivity index (χ1v) is 8.56. The van der Waals surface area contributed by atoms with Gasteiger partial charge in [0.1, 0.15) is 12.8 Å². The van der Waals surface area contributed by atoms with Gasteiger partial charge in [-0.05, 0) is 22.6 Å². The second-order valence-electron chi connectivity index (χ2n) is 5.92. The molecule has 0 spiro atoms. The summed E-state index contributed by atoms with van der Waals surface area (Å²) in [5, 5.41) is 21.6. The molecule has 15 heteroatoms. The number of ether oxygens (including phenoxy) is 1. The molecular weight excluding hydrogens is 427 g/mol. The molecule has 3 aromatic rings. The lowest BCUT2D eigenvalue weighted by Crippen LogP contribution is -2.21. The van der Waals surface area contributed by atoms with Gasteiger partial charge in [0.15, 0.2) is 0 Å². The molecule has 0 aliphatic heterocycles. The number of alkyl halides is 3. The first kappa shape index (κ1) is 21.7. The van der Waals surface area contributed by atoms with E-state index in [0.717, 1.165) is 11.8 Å². The third-order valence-electron chi connectivity index (χ3n) is 3.69. The quantitative estimate of drug-likeness (QED) is 0.257. The predicted octanol–water partition coefficient (Wildman–Crippen LogP) is 2.14. The van der Waals surface area contributed by atoms with E-state index in [1.165, 1.54) is 12.1 Å². The summed E-state index contributed by atoms with van der Waals surface area (Å²) in [6.45, 7) is 1.05. The summed E-state index contributed by atoms with van der Waals surface area (Å²) in [7, 11) is 0. The van der Waals surface area contributed by atoms with Crippen LogP contribution in [0.1, 0.15) is 21.8 Å². The Morgan fingerprint density at radius 3 is 2.61 bits per heavy atom. The zero-order valence-electron chi connectivity index (χ0n) is 15.5. The van der Waals surface area contributed by atoms with Gasteiger partial charge in [0.2, 0.25) is 0 Å². The highest BCUT2D eigenvalue weighted by Gasteiger charge is 2.38. The molecule has 0 saturated heterocycles. The predicted molar refractivity (Wildman–Crippen MR) is 96.1 cm³/mol. The van der Waals surface area contributed by atoms with Crippen LogP contribution in [0.5, 0.6) is 6.01 Å². The van der Waals surface area contributed by atoms with Crippen LogP contribution in [0.15, 0.2) is 34.9 Å². The second-order valence-corrected chi connectivity index (χ2v) is 5.92. The number of carbonyl (C=O) groups excluding carboxylic acids is 1. The first-order chi connectivity index (χ1) is 14.7. The van der Waals surface area contributed by atoms with Crippen molar-refractivity contribution in [1.29, 1.82) is 0 Å². The summed E-state index contributed by atoms with van der Waals surface area (Å²) in [6, 6.07) is 5.62. The maximum absolute atomic E-state index is 12.4. The summed E-state index contributed by atoms with van der Waals surface area (Å²) in [5.74, 6) is -2.54. The number of H-pyrrole nitrogens is 1. The zero-order chi connectivity index (χ0) is 22.4. The van der Waals surface area contributed by atoms with Gasteiger partial charge in [0.05, 0.1) is 0 Å². The average Bonchev–Trinajstić information content (AvgIpc) is 3.38. The maximum atomic E-state index is 12.4. The van der Waals surface area contributed by atoms with Gasteiger partial charge in [0.25, 0.3) is 5.91 Å². The van der Waals surface area contributed by atoms with Crippen LogP contribution in [0.4, 0.5) is 25.0 Å². The Labute approximate surface area is 171 Å². The summed E-state index contributed by atoms with van der Waals surface area (Å²) in [6.07, 6.45) is -3.75. The molecule has 2 aromatic heterocycles.